The van der Waals surface area contributed by atoms with Gasteiger partial charge in [-0.1, -0.05) is 0 Å². The monoisotopic (exact) mass is 415 g/mol. The molecule has 0 radical (unpaired) electrons. The Labute approximate surface area is 163 Å². The zero-order valence-electron chi connectivity index (χ0n) is 15.4. The van der Waals surface area contributed by atoms with Crippen LogP contribution in [0.25, 0.3) is 11.6 Å². The number of rotatable bonds is 7. The summed E-state index contributed by atoms with van der Waals surface area (Å²) in [5.41, 5.74) is 2.23. The molecule has 0 atom stereocenters. The van der Waals surface area contributed by atoms with Crippen LogP contribution in [0.15, 0.2) is 40.9 Å². The Bertz CT molecular complexity index is 820. The number of hydrogen-bond donors (Lipinski definition) is 0. The van der Waals surface area contributed by atoms with Gasteiger partial charge in [-0.2, -0.15) is 5.26 Å². The van der Waals surface area contributed by atoms with Gasteiger partial charge < -0.3 is 14.2 Å². The predicted octanol–water partition coefficient (Wildman–Crippen LogP) is 5.71. The minimum absolute atomic E-state index is 0.0286. The Kier molecular flexibility index (Phi) is 7.11. The van der Waals surface area contributed by atoms with E-state index in [1.54, 1.807) is 7.11 Å². The molecular formula is C21H22BrNO3. The molecule has 5 heteroatoms. The molecule has 0 bridgehead atoms. The number of benzene rings is 2. The minimum atomic E-state index is 0.0286. The number of halogens is 1. The standard InChI is InChI=1S/C21H22BrNO3/c1-5-25-20-12-15(11-19(22)21(20)26-14(2)3)10-17(13-23)16-6-8-18(24-4)9-7-16/h6-12,14H,5H2,1-4H3/b17-10+. The van der Waals surface area contributed by atoms with Crippen LogP contribution in [-0.2, 0) is 0 Å². The second-order valence-electron chi connectivity index (χ2n) is 5.83. The molecule has 4 nitrogen and oxygen atoms in total. The van der Waals surface area contributed by atoms with E-state index in [2.05, 4.69) is 22.0 Å². The Morgan fingerprint density at radius 1 is 1.23 bits per heavy atom. The first kappa shape index (κ1) is 19.9. The molecule has 0 aliphatic heterocycles. The van der Waals surface area contributed by atoms with Gasteiger partial charge in [0.05, 0.1) is 35.9 Å². The van der Waals surface area contributed by atoms with E-state index in [-0.39, 0.29) is 6.10 Å². The summed E-state index contributed by atoms with van der Waals surface area (Å²) in [6.45, 7) is 6.38. The lowest BCUT2D eigenvalue weighted by Gasteiger charge is -2.17. The molecule has 0 aliphatic carbocycles. The second kappa shape index (κ2) is 9.30. The topological polar surface area (TPSA) is 51.5 Å². The molecule has 0 saturated carbocycles. The molecule has 0 aliphatic rings. The van der Waals surface area contributed by atoms with Crippen molar-refractivity contribution in [3.8, 4) is 23.3 Å². The fourth-order valence-corrected chi connectivity index (χ4v) is 2.95. The third kappa shape index (κ3) is 5.03. The van der Waals surface area contributed by atoms with Crippen molar-refractivity contribution in [2.75, 3.05) is 13.7 Å². The fraction of sp³-hybridized carbons (Fsp3) is 0.286. The molecule has 2 rings (SSSR count). The fourth-order valence-electron chi connectivity index (χ4n) is 2.40. The van der Waals surface area contributed by atoms with E-state index in [9.17, 15) is 5.26 Å². The van der Waals surface area contributed by atoms with Gasteiger partial charge in [0.2, 0.25) is 0 Å². The molecule has 2 aromatic rings. The number of nitriles is 1. The molecule has 0 aromatic heterocycles. The molecule has 2 aromatic carbocycles. The van der Waals surface area contributed by atoms with Crippen molar-refractivity contribution in [3.05, 3.63) is 52.0 Å². The van der Waals surface area contributed by atoms with Crippen molar-refractivity contribution >= 4 is 27.6 Å². The number of ether oxygens (including phenoxy) is 3. The van der Waals surface area contributed by atoms with Crippen molar-refractivity contribution < 1.29 is 14.2 Å². The van der Waals surface area contributed by atoms with Crippen LogP contribution in [-0.4, -0.2) is 19.8 Å². The quantitative estimate of drug-likeness (QED) is 0.429. The normalized spacial score (nSPS) is 11.2. The summed E-state index contributed by atoms with van der Waals surface area (Å²) in [4.78, 5) is 0. The molecule has 0 heterocycles. The molecule has 0 spiro atoms. The average molecular weight is 416 g/mol. The first-order valence-electron chi connectivity index (χ1n) is 8.37. The summed E-state index contributed by atoms with van der Waals surface area (Å²) in [5, 5.41) is 9.57. The highest BCUT2D eigenvalue weighted by Crippen LogP contribution is 2.38. The van der Waals surface area contributed by atoms with Crippen molar-refractivity contribution in [1.82, 2.24) is 0 Å². The first-order valence-corrected chi connectivity index (χ1v) is 9.17. The number of hydrogen-bond acceptors (Lipinski definition) is 4. The Morgan fingerprint density at radius 3 is 2.46 bits per heavy atom. The summed E-state index contributed by atoms with van der Waals surface area (Å²) in [6.07, 6.45) is 1.86. The van der Waals surface area contributed by atoms with E-state index in [4.69, 9.17) is 14.2 Å². The van der Waals surface area contributed by atoms with E-state index in [1.165, 1.54) is 0 Å². The highest BCUT2D eigenvalue weighted by atomic mass is 79.9. The smallest absolute Gasteiger partial charge is 0.175 e. The van der Waals surface area contributed by atoms with Gasteiger partial charge in [-0.3, -0.25) is 0 Å². The van der Waals surface area contributed by atoms with Crippen LogP contribution in [0.1, 0.15) is 31.9 Å². The van der Waals surface area contributed by atoms with Gasteiger partial charge in [-0.05, 0) is 90.3 Å². The maximum Gasteiger partial charge on any atom is 0.175 e. The lowest BCUT2D eigenvalue weighted by molar-refractivity contribution is 0.222. The van der Waals surface area contributed by atoms with Crippen molar-refractivity contribution in [2.24, 2.45) is 0 Å². The average Bonchev–Trinajstić information content (AvgIpc) is 2.62. The summed E-state index contributed by atoms with van der Waals surface area (Å²) < 4.78 is 17.5. The predicted molar refractivity (Wildman–Crippen MR) is 108 cm³/mol. The van der Waals surface area contributed by atoms with E-state index in [0.717, 1.165) is 21.3 Å². The molecule has 0 amide bonds. The number of allylic oxidation sites excluding steroid dienone is 1. The molecule has 26 heavy (non-hydrogen) atoms. The van der Waals surface area contributed by atoms with Gasteiger partial charge in [0.15, 0.2) is 11.5 Å². The lowest BCUT2D eigenvalue weighted by atomic mass is 10.0. The largest absolute Gasteiger partial charge is 0.497 e. The summed E-state index contributed by atoms with van der Waals surface area (Å²) in [7, 11) is 1.61. The Morgan fingerprint density at radius 2 is 1.92 bits per heavy atom. The van der Waals surface area contributed by atoms with Gasteiger partial charge in [0.25, 0.3) is 0 Å². The van der Waals surface area contributed by atoms with Gasteiger partial charge in [0, 0.05) is 0 Å². The van der Waals surface area contributed by atoms with Gasteiger partial charge in [0.1, 0.15) is 5.75 Å². The molecule has 0 fully saturated rings. The van der Waals surface area contributed by atoms with Crippen molar-refractivity contribution in [2.45, 2.75) is 26.9 Å². The molecule has 0 unspecified atom stereocenters. The van der Waals surface area contributed by atoms with Crippen LogP contribution in [0.4, 0.5) is 0 Å². The van der Waals surface area contributed by atoms with Crippen LogP contribution in [0, 0.1) is 11.3 Å². The summed E-state index contributed by atoms with van der Waals surface area (Å²) in [6, 6.07) is 13.5. The maximum atomic E-state index is 9.57. The zero-order chi connectivity index (χ0) is 19.1. The minimum Gasteiger partial charge on any atom is -0.497 e. The van der Waals surface area contributed by atoms with Gasteiger partial charge in [-0.15, -0.1) is 0 Å². The molecular weight excluding hydrogens is 394 g/mol. The molecule has 0 N–H and O–H groups in total. The highest BCUT2D eigenvalue weighted by Gasteiger charge is 2.14. The van der Waals surface area contributed by atoms with Crippen LogP contribution >= 0.6 is 15.9 Å². The summed E-state index contributed by atoms with van der Waals surface area (Å²) in [5.74, 6) is 2.07. The third-order valence-corrected chi connectivity index (χ3v) is 4.11. The van der Waals surface area contributed by atoms with Crippen molar-refractivity contribution in [1.29, 1.82) is 5.26 Å². The van der Waals surface area contributed by atoms with E-state index in [0.29, 0.717) is 23.7 Å². The van der Waals surface area contributed by atoms with Gasteiger partial charge in [-0.25, -0.2) is 0 Å². The van der Waals surface area contributed by atoms with E-state index >= 15 is 0 Å². The number of methoxy groups -OCH3 is 1. The van der Waals surface area contributed by atoms with Crippen LogP contribution in [0.5, 0.6) is 17.2 Å². The summed E-state index contributed by atoms with van der Waals surface area (Å²) >= 11 is 3.55. The van der Waals surface area contributed by atoms with Crippen LogP contribution in [0.3, 0.4) is 0 Å². The Balaban J connectivity index is 2.45. The first-order chi connectivity index (χ1) is 12.5. The Hall–Kier alpha value is -2.45. The van der Waals surface area contributed by atoms with Gasteiger partial charge >= 0.3 is 0 Å². The number of nitrogens with zero attached hydrogens (tertiary/aromatic N) is 1. The van der Waals surface area contributed by atoms with E-state index < -0.39 is 0 Å². The van der Waals surface area contributed by atoms with Crippen LogP contribution in [0.2, 0.25) is 0 Å². The van der Waals surface area contributed by atoms with Crippen molar-refractivity contribution in [3.63, 3.8) is 0 Å². The second-order valence-corrected chi connectivity index (χ2v) is 6.68. The SMILES string of the molecule is CCOc1cc(/C=C(\C#N)c2ccc(OC)cc2)cc(Br)c1OC(C)C. The van der Waals surface area contributed by atoms with E-state index in [1.807, 2.05) is 63.2 Å². The highest BCUT2D eigenvalue weighted by molar-refractivity contribution is 9.10. The molecule has 0 saturated heterocycles. The molecule has 136 valence electrons. The maximum absolute atomic E-state index is 9.57. The third-order valence-electron chi connectivity index (χ3n) is 3.52. The lowest BCUT2D eigenvalue weighted by Crippen LogP contribution is -2.08. The zero-order valence-corrected chi connectivity index (χ0v) is 17.0. The van der Waals surface area contributed by atoms with Crippen LogP contribution < -0.4 is 14.2 Å².